The Kier molecular flexibility index (Phi) is 6.68. The van der Waals surface area contributed by atoms with E-state index < -0.39 is 0 Å². The Bertz CT molecular complexity index is 782. The number of aromatic nitrogens is 1. The average Bonchev–Trinajstić information content (AvgIpc) is 2.72. The minimum Gasteiger partial charge on any atom is -0.368 e. The van der Waals surface area contributed by atoms with E-state index in [-0.39, 0.29) is 5.82 Å². The molecule has 6 nitrogen and oxygen atoms in total. The van der Waals surface area contributed by atoms with Crippen molar-refractivity contribution in [3.8, 4) is 0 Å². The molecule has 1 aliphatic heterocycles. The van der Waals surface area contributed by atoms with Gasteiger partial charge in [0.1, 0.15) is 11.6 Å². The fourth-order valence-corrected chi connectivity index (χ4v) is 3.24. The summed E-state index contributed by atoms with van der Waals surface area (Å²) in [5.41, 5.74) is 2.23. The zero-order chi connectivity index (χ0) is 19.9. The summed E-state index contributed by atoms with van der Waals surface area (Å²) in [4.78, 5) is 13.4. The minimum atomic E-state index is -0.197. The van der Waals surface area contributed by atoms with Gasteiger partial charge in [-0.25, -0.2) is 9.37 Å². The highest BCUT2D eigenvalue weighted by molar-refractivity contribution is 5.79. The molecule has 0 radical (unpaired) electrons. The molecule has 1 aliphatic rings. The lowest BCUT2D eigenvalue weighted by Gasteiger charge is -2.36. The number of nitrogens with zero attached hydrogens (tertiary/aromatic N) is 4. The van der Waals surface area contributed by atoms with Gasteiger partial charge in [0, 0.05) is 57.7 Å². The predicted octanol–water partition coefficient (Wildman–Crippen LogP) is 2.62. The van der Waals surface area contributed by atoms with Gasteiger partial charge >= 0.3 is 0 Å². The van der Waals surface area contributed by atoms with E-state index in [1.54, 1.807) is 7.05 Å². The number of halogens is 1. The summed E-state index contributed by atoms with van der Waals surface area (Å²) < 4.78 is 13.1. The number of nitrogens with one attached hydrogen (secondary N) is 2. The summed E-state index contributed by atoms with van der Waals surface area (Å²) in [6.45, 7) is 8.42. The van der Waals surface area contributed by atoms with Crippen LogP contribution in [-0.2, 0) is 6.54 Å². The van der Waals surface area contributed by atoms with Crippen molar-refractivity contribution in [3.05, 3.63) is 54.0 Å². The smallest absolute Gasteiger partial charge is 0.191 e. The normalized spacial score (nSPS) is 15.1. The molecule has 1 aromatic heterocycles. The number of benzene rings is 1. The van der Waals surface area contributed by atoms with E-state index in [1.807, 2.05) is 24.4 Å². The zero-order valence-corrected chi connectivity index (χ0v) is 16.8. The quantitative estimate of drug-likeness (QED) is 0.613. The van der Waals surface area contributed by atoms with Gasteiger partial charge in [0.2, 0.25) is 0 Å². The summed E-state index contributed by atoms with van der Waals surface area (Å²) in [6.07, 6.45) is 1.86. The molecule has 2 heterocycles. The van der Waals surface area contributed by atoms with Crippen LogP contribution in [0, 0.1) is 5.82 Å². The lowest BCUT2D eigenvalue weighted by atomic mass is 10.2. The Balaban J connectivity index is 1.56. The molecule has 2 aromatic rings. The highest BCUT2D eigenvalue weighted by Gasteiger charge is 2.18. The van der Waals surface area contributed by atoms with Gasteiger partial charge in [-0.1, -0.05) is 0 Å². The van der Waals surface area contributed by atoms with Gasteiger partial charge in [-0.3, -0.25) is 4.99 Å². The monoisotopic (exact) mass is 384 g/mol. The molecule has 150 valence electrons. The van der Waals surface area contributed by atoms with E-state index in [4.69, 9.17) is 0 Å². The fraction of sp³-hybridized carbons (Fsp3) is 0.429. The van der Waals surface area contributed by atoms with Gasteiger partial charge in [0.25, 0.3) is 0 Å². The molecule has 0 aliphatic carbocycles. The van der Waals surface area contributed by atoms with Gasteiger partial charge in [0.15, 0.2) is 5.96 Å². The lowest BCUT2D eigenvalue weighted by Crippen LogP contribution is -2.46. The Hall–Kier alpha value is -2.83. The van der Waals surface area contributed by atoms with E-state index in [0.29, 0.717) is 12.6 Å². The van der Waals surface area contributed by atoms with Crippen LogP contribution in [0.1, 0.15) is 19.4 Å². The molecule has 7 heteroatoms. The number of anilines is 2. The highest BCUT2D eigenvalue weighted by atomic mass is 19.1. The number of rotatable bonds is 5. The molecule has 0 spiro atoms. The number of guanidine groups is 1. The number of piperazine rings is 1. The SMILES string of the molecule is CN=C(NCc1ccnc(N2CCN(c3ccc(F)cc3)CC2)c1)NC(C)C. The van der Waals surface area contributed by atoms with Crippen LogP contribution in [0.2, 0.25) is 0 Å². The Labute approximate surface area is 166 Å². The lowest BCUT2D eigenvalue weighted by molar-refractivity contribution is 0.624. The van der Waals surface area contributed by atoms with Crippen LogP contribution in [0.25, 0.3) is 0 Å². The summed E-state index contributed by atoms with van der Waals surface area (Å²) in [7, 11) is 1.77. The molecule has 2 N–H and O–H groups in total. The van der Waals surface area contributed by atoms with Crippen molar-refractivity contribution >= 4 is 17.5 Å². The first-order chi connectivity index (χ1) is 13.5. The molecule has 0 atom stereocenters. The van der Waals surface area contributed by atoms with Crippen LogP contribution in [0.3, 0.4) is 0 Å². The van der Waals surface area contributed by atoms with Crippen LogP contribution in [0.15, 0.2) is 47.6 Å². The Morgan fingerprint density at radius 3 is 2.43 bits per heavy atom. The maximum Gasteiger partial charge on any atom is 0.191 e. The minimum absolute atomic E-state index is 0.197. The van der Waals surface area contributed by atoms with Gasteiger partial charge in [-0.15, -0.1) is 0 Å². The molecule has 0 amide bonds. The standard InChI is InChI=1S/C21H29FN6/c1-16(2)26-21(23-3)25-15-17-8-9-24-20(14-17)28-12-10-27(11-13-28)19-6-4-18(22)5-7-19/h4-9,14,16H,10-13,15H2,1-3H3,(H2,23,25,26). The van der Waals surface area contributed by atoms with Gasteiger partial charge in [0.05, 0.1) is 0 Å². The molecule has 0 bridgehead atoms. The molecule has 3 rings (SSSR count). The molecule has 28 heavy (non-hydrogen) atoms. The first kappa shape index (κ1) is 19.9. The van der Waals surface area contributed by atoms with Crippen molar-refractivity contribution in [2.45, 2.75) is 26.4 Å². The number of pyridine rings is 1. The van der Waals surface area contributed by atoms with Crippen molar-refractivity contribution in [1.82, 2.24) is 15.6 Å². The van der Waals surface area contributed by atoms with Crippen molar-refractivity contribution in [2.75, 3.05) is 43.0 Å². The van der Waals surface area contributed by atoms with E-state index in [1.165, 1.54) is 12.1 Å². The molecule has 0 saturated carbocycles. The van der Waals surface area contributed by atoms with Crippen molar-refractivity contribution in [3.63, 3.8) is 0 Å². The predicted molar refractivity (Wildman–Crippen MR) is 114 cm³/mol. The molecule has 1 fully saturated rings. The van der Waals surface area contributed by atoms with E-state index in [0.717, 1.165) is 49.2 Å². The molecular formula is C21H29FN6. The van der Waals surface area contributed by atoms with Crippen molar-refractivity contribution in [2.24, 2.45) is 4.99 Å². The fourth-order valence-electron chi connectivity index (χ4n) is 3.24. The largest absolute Gasteiger partial charge is 0.368 e. The van der Waals surface area contributed by atoms with Crippen LogP contribution in [0.4, 0.5) is 15.9 Å². The van der Waals surface area contributed by atoms with Gasteiger partial charge < -0.3 is 20.4 Å². The summed E-state index contributed by atoms with van der Waals surface area (Å²) >= 11 is 0. The topological polar surface area (TPSA) is 55.8 Å². The first-order valence-corrected chi connectivity index (χ1v) is 9.72. The van der Waals surface area contributed by atoms with Crippen molar-refractivity contribution < 1.29 is 4.39 Å². The third-order valence-electron chi connectivity index (χ3n) is 4.71. The Morgan fingerprint density at radius 2 is 1.79 bits per heavy atom. The third-order valence-corrected chi connectivity index (χ3v) is 4.71. The second kappa shape index (κ2) is 9.39. The molecule has 1 aromatic carbocycles. The maximum atomic E-state index is 13.1. The van der Waals surface area contributed by atoms with Crippen LogP contribution < -0.4 is 20.4 Å². The van der Waals surface area contributed by atoms with E-state index >= 15 is 0 Å². The Morgan fingerprint density at radius 1 is 1.11 bits per heavy atom. The summed E-state index contributed by atoms with van der Waals surface area (Å²) in [5, 5.41) is 6.62. The first-order valence-electron chi connectivity index (χ1n) is 9.72. The van der Waals surface area contributed by atoms with Crippen LogP contribution in [0.5, 0.6) is 0 Å². The number of aliphatic imine (C=N–C) groups is 1. The van der Waals surface area contributed by atoms with Crippen molar-refractivity contribution in [1.29, 1.82) is 0 Å². The van der Waals surface area contributed by atoms with E-state index in [9.17, 15) is 4.39 Å². The summed E-state index contributed by atoms with van der Waals surface area (Å²) in [5.74, 6) is 1.59. The van der Waals surface area contributed by atoms with Crippen LogP contribution >= 0.6 is 0 Å². The van der Waals surface area contributed by atoms with Crippen LogP contribution in [-0.4, -0.2) is 50.2 Å². The number of hydrogen-bond acceptors (Lipinski definition) is 4. The third kappa shape index (κ3) is 5.34. The van der Waals surface area contributed by atoms with Gasteiger partial charge in [-0.2, -0.15) is 0 Å². The highest BCUT2D eigenvalue weighted by Crippen LogP contribution is 2.20. The average molecular weight is 385 g/mol. The molecular weight excluding hydrogens is 355 g/mol. The van der Waals surface area contributed by atoms with Gasteiger partial charge in [-0.05, 0) is 55.8 Å². The second-order valence-electron chi connectivity index (χ2n) is 7.20. The number of hydrogen-bond donors (Lipinski definition) is 2. The maximum absolute atomic E-state index is 13.1. The van der Waals surface area contributed by atoms with E-state index in [2.05, 4.69) is 50.3 Å². The zero-order valence-electron chi connectivity index (χ0n) is 16.8. The second-order valence-corrected chi connectivity index (χ2v) is 7.20. The summed E-state index contributed by atoms with van der Waals surface area (Å²) in [6, 6.07) is 11.2. The molecule has 1 saturated heterocycles. The molecule has 0 unspecified atom stereocenters.